The van der Waals surface area contributed by atoms with Gasteiger partial charge in [-0.15, -0.1) is 0 Å². The Balaban J connectivity index is 2.66. The van der Waals surface area contributed by atoms with Crippen molar-refractivity contribution >= 4 is 6.08 Å². The minimum Gasteiger partial charge on any atom is -0.494 e. The third-order valence-corrected chi connectivity index (χ3v) is 2.19. The van der Waals surface area contributed by atoms with Crippen LogP contribution in [0.3, 0.4) is 0 Å². The van der Waals surface area contributed by atoms with E-state index in [0.717, 1.165) is 11.3 Å². The summed E-state index contributed by atoms with van der Waals surface area (Å²) < 4.78 is 5.34. The van der Waals surface area contributed by atoms with Gasteiger partial charge in [-0.1, -0.05) is 19.1 Å². The standard InChI is InChI=1S/C12H15NO2/c1-3-15-12-6-4-11(5-7-12)10(2)8-13-9-14/h4-7,10H,3,8H2,1-2H3. The van der Waals surface area contributed by atoms with E-state index in [0.29, 0.717) is 13.2 Å². The van der Waals surface area contributed by atoms with Crippen molar-refractivity contribution in [2.75, 3.05) is 13.2 Å². The van der Waals surface area contributed by atoms with Crippen molar-refractivity contribution in [1.82, 2.24) is 0 Å². The lowest BCUT2D eigenvalue weighted by molar-refractivity contribution is 0.340. The first-order valence-corrected chi connectivity index (χ1v) is 5.04. The van der Waals surface area contributed by atoms with Gasteiger partial charge in [0.25, 0.3) is 0 Å². The van der Waals surface area contributed by atoms with Crippen LogP contribution in [0.5, 0.6) is 5.75 Å². The van der Waals surface area contributed by atoms with Gasteiger partial charge in [-0.05, 0) is 24.6 Å². The van der Waals surface area contributed by atoms with Crippen LogP contribution in [0.15, 0.2) is 29.3 Å². The van der Waals surface area contributed by atoms with Crippen molar-refractivity contribution in [2.24, 2.45) is 4.99 Å². The molecule has 0 bridgehead atoms. The van der Waals surface area contributed by atoms with Gasteiger partial charge in [0, 0.05) is 5.92 Å². The van der Waals surface area contributed by atoms with E-state index in [4.69, 9.17) is 4.74 Å². The van der Waals surface area contributed by atoms with Gasteiger partial charge in [0.05, 0.1) is 13.2 Å². The second-order valence-corrected chi connectivity index (χ2v) is 3.34. The number of hydrogen-bond donors (Lipinski definition) is 0. The maximum absolute atomic E-state index is 9.97. The lowest BCUT2D eigenvalue weighted by Gasteiger charge is -2.09. The molecule has 1 aromatic rings. The largest absolute Gasteiger partial charge is 0.494 e. The summed E-state index contributed by atoms with van der Waals surface area (Å²) in [6, 6.07) is 7.85. The molecule has 0 saturated carbocycles. The van der Waals surface area contributed by atoms with Gasteiger partial charge in [-0.25, -0.2) is 9.79 Å². The number of rotatable bonds is 5. The highest BCUT2D eigenvalue weighted by Crippen LogP contribution is 2.19. The third-order valence-electron chi connectivity index (χ3n) is 2.19. The van der Waals surface area contributed by atoms with Crippen molar-refractivity contribution < 1.29 is 9.53 Å². The van der Waals surface area contributed by atoms with Crippen LogP contribution in [-0.4, -0.2) is 19.2 Å². The Morgan fingerprint density at radius 1 is 1.40 bits per heavy atom. The molecule has 3 nitrogen and oxygen atoms in total. The predicted octanol–water partition coefficient (Wildman–Crippen LogP) is 2.52. The molecule has 15 heavy (non-hydrogen) atoms. The molecular formula is C12H15NO2. The number of hydrogen-bond acceptors (Lipinski definition) is 3. The molecule has 1 aromatic carbocycles. The lowest BCUT2D eigenvalue weighted by Crippen LogP contribution is -1.98. The maximum Gasteiger partial charge on any atom is 0.234 e. The monoisotopic (exact) mass is 205 g/mol. The number of nitrogens with zero attached hydrogens (tertiary/aromatic N) is 1. The van der Waals surface area contributed by atoms with E-state index in [1.54, 1.807) is 6.08 Å². The molecule has 0 amide bonds. The van der Waals surface area contributed by atoms with Gasteiger partial charge in [0.1, 0.15) is 5.75 Å². The van der Waals surface area contributed by atoms with Crippen LogP contribution in [0.25, 0.3) is 0 Å². The Bertz CT molecular complexity index is 339. The summed E-state index contributed by atoms with van der Waals surface area (Å²) in [7, 11) is 0. The molecule has 0 radical (unpaired) electrons. The van der Waals surface area contributed by atoms with Crippen molar-refractivity contribution in [2.45, 2.75) is 19.8 Å². The summed E-state index contributed by atoms with van der Waals surface area (Å²) in [4.78, 5) is 13.5. The van der Waals surface area contributed by atoms with Crippen LogP contribution in [0.1, 0.15) is 25.3 Å². The first kappa shape index (κ1) is 11.5. The van der Waals surface area contributed by atoms with Crippen molar-refractivity contribution in [1.29, 1.82) is 0 Å². The number of aliphatic imine (C=N–C) groups is 1. The van der Waals surface area contributed by atoms with Crippen LogP contribution >= 0.6 is 0 Å². The summed E-state index contributed by atoms with van der Waals surface area (Å²) in [6.45, 7) is 5.13. The molecule has 1 atom stereocenters. The summed E-state index contributed by atoms with van der Waals surface area (Å²) in [5.74, 6) is 1.11. The number of carbonyl (C=O) groups excluding carboxylic acids is 1. The zero-order valence-corrected chi connectivity index (χ0v) is 9.06. The molecule has 0 saturated heterocycles. The third kappa shape index (κ3) is 3.56. The molecule has 1 rings (SSSR count). The molecule has 0 fully saturated rings. The van der Waals surface area contributed by atoms with Crippen molar-refractivity contribution in [3.8, 4) is 5.75 Å². The molecule has 80 valence electrons. The Hall–Kier alpha value is -1.60. The van der Waals surface area contributed by atoms with Crippen LogP contribution < -0.4 is 4.74 Å². The lowest BCUT2D eigenvalue weighted by atomic mass is 10.0. The molecule has 0 aliphatic heterocycles. The maximum atomic E-state index is 9.97. The van der Waals surface area contributed by atoms with Crippen molar-refractivity contribution in [3.05, 3.63) is 29.8 Å². The normalized spacial score (nSPS) is 11.6. The fraction of sp³-hybridized carbons (Fsp3) is 0.417. The van der Waals surface area contributed by atoms with Crippen LogP contribution in [-0.2, 0) is 4.79 Å². The molecule has 1 unspecified atom stereocenters. The van der Waals surface area contributed by atoms with Gasteiger partial charge in [0.2, 0.25) is 6.08 Å². The van der Waals surface area contributed by atoms with E-state index in [2.05, 4.69) is 4.99 Å². The SMILES string of the molecule is CCOc1ccc(C(C)CN=C=O)cc1. The van der Waals surface area contributed by atoms with Gasteiger partial charge in [-0.2, -0.15) is 0 Å². The molecule has 0 aliphatic carbocycles. The number of isocyanates is 1. The Morgan fingerprint density at radius 3 is 2.60 bits per heavy atom. The topological polar surface area (TPSA) is 38.7 Å². The Labute approximate surface area is 89.8 Å². The highest BCUT2D eigenvalue weighted by atomic mass is 16.5. The fourth-order valence-electron chi connectivity index (χ4n) is 1.34. The second-order valence-electron chi connectivity index (χ2n) is 3.34. The quantitative estimate of drug-likeness (QED) is 0.547. The van der Waals surface area contributed by atoms with E-state index in [9.17, 15) is 4.79 Å². The van der Waals surface area contributed by atoms with E-state index < -0.39 is 0 Å². The number of ether oxygens (including phenoxy) is 1. The van der Waals surface area contributed by atoms with E-state index in [1.807, 2.05) is 38.1 Å². The minimum atomic E-state index is 0.238. The van der Waals surface area contributed by atoms with Gasteiger partial charge >= 0.3 is 0 Å². The zero-order valence-electron chi connectivity index (χ0n) is 9.06. The molecule has 3 heteroatoms. The van der Waals surface area contributed by atoms with Crippen LogP contribution in [0, 0.1) is 0 Å². The van der Waals surface area contributed by atoms with E-state index in [-0.39, 0.29) is 5.92 Å². The summed E-state index contributed by atoms with van der Waals surface area (Å²) in [6.07, 6.45) is 1.55. The average Bonchev–Trinajstić information content (AvgIpc) is 2.27. The Kier molecular flexibility index (Phi) is 4.58. The highest BCUT2D eigenvalue weighted by molar-refractivity contribution is 5.34. The fourth-order valence-corrected chi connectivity index (χ4v) is 1.34. The van der Waals surface area contributed by atoms with Crippen LogP contribution in [0.4, 0.5) is 0 Å². The zero-order chi connectivity index (χ0) is 11.1. The van der Waals surface area contributed by atoms with Crippen LogP contribution in [0.2, 0.25) is 0 Å². The second kappa shape index (κ2) is 5.99. The summed E-state index contributed by atoms with van der Waals surface area (Å²) in [5, 5.41) is 0. The van der Waals surface area contributed by atoms with Gasteiger partial charge < -0.3 is 4.74 Å². The molecular weight excluding hydrogens is 190 g/mol. The first-order valence-electron chi connectivity index (χ1n) is 5.04. The first-order chi connectivity index (χ1) is 7.27. The molecule has 0 aliphatic rings. The Morgan fingerprint density at radius 2 is 2.07 bits per heavy atom. The van der Waals surface area contributed by atoms with Gasteiger partial charge in [0.15, 0.2) is 0 Å². The van der Waals surface area contributed by atoms with Gasteiger partial charge in [-0.3, -0.25) is 0 Å². The molecule has 0 aromatic heterocycles. The minimum absolute atomic E-state index is 0.238. The van der Waals surface area contributed by atoms with Crippen molar-refractivity contribution in [3.63, 3.8) is 0 Å². The summed E-state index contributed by atoms with van der Waals surface area (Å²) in [5.41, 5.74) is 1.15. The molecule has 0 N–H and O–H groups in total. The molecule has 0 heterocycles. The van der Waals surface area contributed by atoms with E-state index in [1.165, 1.54) is 0 Å². The smallest absolute Gasteiger partial charge is 0.234 e. The number of benzene rings is 1. The summed E-state index contributed by atoms with van der Waals surface area (Å²) >= 11 is 0. The molecule has 0 spiro atoms. The predicted molar refractivity (Wildman–Crippen MR) is 59.0 cm³/mol. The van der Waals surface area contributed by atoms with E-state index >= 15 is 0 Å². The highest BCUT2D eigenvalue weighted by Gasteiger charge is 2.04. The average molecular weight is 205 g/mol.